The zero-order valence-electron chi connectivity index (χ0n) is 21.7. The summed E-state index contributed by atoms with van der Waals surface area (Å²) in [6.07, 6.45) is 3.51. The predicted molar refractivity (Wildman–Crippen MR) is 137 cm³/mol. The van der Waals surface area contributed by atoms with Crippen molar-refractivity contribution in [2.24, 2.45) is 11.3 Å². The summed E-state index contributed by atoms with van der Waals surface area (Å²) in [7, 11) is 0. The smallest absolute Gasteiger partial charge is 0.313 e. The van der Waals surface area contributed by atoms with Gasteiger partial charge in [0.15, 0.2) is 0 Å². The van der Waals surface area contributed by atoms with Crippen molar-refractivity contribution in [2.45, 2.75) is 58.5 Å². The summed E-state index contributed by atoms with van der Waals surface area (Å²) in [5, 5.41) is 15.7. The van der Waals surface area contributed by atoms with Crippen LogP contribution in [0.15, 0.2) is 42.5 Å². The molecule has 1 saturated carbocycles. The first kappa shape index (κ1) is 25.7. The molecule has 11 heteroatoms. The summed E-state index contributed by atoms with van der Waals surface area (Å²) in [6, 6.07) is 9.96. The third-order valence-electron chi connectivity index (χ3n) is 7.96. The fourth-order valence-electron chi connectivity index (χ4n) is 5.70. The highest BCUT2D eigenvalue weighted by atomic mass is 19.1. The molecule has 5 rings (SSSR count). The fourth-order valence-corrected chi connectivity index (χ4v) is 5.70. The van der Waals surface area contributed by atoms with Crippen LogP contribution in [0, 0.1) is 23.0 Å². The van der Waals surface area contributed by atoms with Crippen LogP contribution >= 0.6 is 0 Å². The molecule has 3 amide bonds. The molecule has 1 saturated heterocycles. The van der Waals surface area contributed by atoms with E-state index in [1.54, 1.807) is 24.3 Å². The zero-order chi connectivity index (χ0) is 27.1. The molecule has 0 radical (unpaired) electrons. The molecule has 2 N–H and O–H groups in total. The highest BCUT2D eigenvalue weighted by molar-refractivity contribution is 6.03. The number of H-pyrrole nitrogens is 1. The number of hydrogen-bond acceptors (Lipinski definition) is 5. The second kappa shape index (κ2) is 9.77. The summed E-state index contributed by atoms with van der Waals surface area (Å²) < 4.78 is 28.4. The first-order valence-electron chi connectivity index (χ1n) is 12.7. The molecule has 38 heavy (non-hydrogen) atoms. The summed E-state index contributed by atoms with van der Waals surface area (Å²) in [4.78, 5) is 29.5. The van der Waals surface area contributed by atoms with Crippen LogP contribution in [0.4, 0.5) is 25.2 Å². The number of tetrazole rings is 1. The summed E-state index contributed by atoms with van der Waals surface area (Å²) in [6.45, 7) is 7.37. The number of halogens is 2. The van der Waals surface area contributed by atoms with E-state index < -0.39 is 17.2 Å². The molecule has 1 aliphatic carbocycles. The van der Waals surface area contributed by atoms with E-state index in [1.165, 1.54) is 17.0 Å². The van der Waals surface area contributed by atoms with E-state index in [4.69, 9.17) is 0 Å². The van der Waals surface area contributed by atoms with E-state index in [2.05, 4.69) is 46.7 Å². The highest BCUT2D eigenvalue weighted by Crippen LogP contribution is 2.47. The van der Waals surface area contributed by atoms with Gasteiger partial charge in [-0.25, -0.2) is 13.6 Å². The van der Waals surface area contributed by atoms with Gasteiger partial charge in [0.05, 0.1) is 17.8 Å². The van der Waals surface area contributed by atoms with Crippen molar-refractivity contribution in [3.8, 4) is 0 Å². The molecular formula is C27H31F2N7O2. The summed E-state index contributed by atoms with van der Waals surface area (Å²) >= 11 is 0. The molecule has 3 aromatic rings. The largest absolute Gasteiger partial charge is 0.325 e. The molecule has 2 heterocycles. The van der Waals surface area contributed by atoms with Gasteiger partial charge in [0.2, 0.25) is 0 Å². The number of nitrogens with one attached hydrogen (secondary N) is 2. The predicted octanol–water partition coefficient (Wildman–Crippen LogP) is 5.15. The van der Waals surface area contributed by atoms with Crippen LogP contribution in [-0.2, 0) is 6.54 Å². The van der Waals surface area contributed by atoms with Crippen LogP contribution < -0.4 is 10.2 Å². The van der Waals surface area contributed by atoms with Gasteiger partial charge in [-0.1, -0.05) is 38.0 Å². The zero-order valence-corrected chi connectivity index (χ0v) is 21.7. The van der Waals surface area contributed by atoms with E-state index in [0.717, 1.165) is 37.3 Å². The molecule has 0 bridgehead atoms. The molecular weight excluding hydrogens is 492 g/mol. The maximum absolute atomic E-state index is 14.8. The minimum absolute atomic E-state index is 0.0719. The molecule has 0 atom stereocenters. The number of rotatable bonds is 5. The van der Waals surface area contributed by atoms with Crippen molar-refractivity contribution < 1.29 is 18.4 Å². The maximum Gasteiger partial charge on any atom is 0.325 e. The Morgan fingerprint density at radius 3 is 2.45 bits per heavy atom. The highest BCUT2D eigenvalue weighted by Gasteiger charge is 2.52. The Balaban J connectivity index is 1.39. The van der Waals surface area contributed by atoms with Crippen LogP contribution in [0.25, 0.3) is 0 Å². The van der Waals surface area contributed by atoms with Crippen LogP contribution in [0.5, 0.6) is 0 Å². The average molecular weight is 524 g/mol. The third-order valence-corrected chi connectivity index (χ3v) is 7.96. The van der Waals surface area contributed by atoms with E-state index in [0.29, 0.717) is 24.6 Å². The number of anilines is 2. The van der Waals surface area contributed by atoms with Crippen molar-refractivity contribution in [1.29, 1.82) is 0 Å². The van der Waals surface area contributed by atoms with Gasteiger partial charge < -0.3 is 4.90 Å². The Morgan fingerprint density at radius 2 is 1.84 bits per heavy atom. The van der Waals surface area contributed by atoms with E-state index in [-0.39, 0.29) is 29.0 Å². The third kappa shape index (κ3) is 4.97. The SMILES string of the molecule is CC(C)(C)C1CCC2(CC1)CN(c1ccc(F)cc1F)C(=O)N2Cc1ccc(C(=O)Nc2nn[nH]n2)cc1. The Hall–Kier alpha value is -3.89. The number of nitrogens with zero attached hydrogens (tertiary/aromatic N) is 5. The number of urea groups is 1. The number of aromatic nitrogens is 4. The Morgan fingerprint density at radius 1 is 1.13 bits per heavy atom. The topological polar surface area (TPSA) is 107 Å². The van der Waals surface area contributed by atoms with E-state index >= 15 is 0 Å². The number of aromatic amines is 1. The molecule has 2 aliphatic rings. The normalized spacial score (nSPS) is 21.8. The molecule has 1 aliphatic heterocycles. The Kier molecular flexibility index (Phi) is 6.62. The number of benzene rings is 2. The first-order valence-corrected chi connectivity index (χ1v) is 12.7. The van der Waals surface area contributed by atoms with Gasteiger partial charge in [0.1, 0.15) is 11.6 Å². The van der Waals surface area contributed by atoms with Crippen molar-refractivity contribution >= 4 is 23.6 Å². The van der Waals surface area contributed by atoms with E-state index in [9.17, 15) is 18.4 Å². The number of amides is 3. The average Bonchev–Trinajstić information content (AvgIpc) is 3.47. The van der Waals surface area contributed by atoms with Gasteiger partial charge in [-0.05, 0) is 72.1 Å². The summed E-state index contributed by atoms with van der Waals surface area (Å²) in [5.74, 6) is -1.22. The lowest BCUT2D eigenvalue weighted by Crippen LogP contribution is -2.50. The first-order chi connectivity index (χ1) is 18.1. The Bertz CT molecular complexity index is 1310. The second-order valence-electron chi connectivity index (χ2n) is 11.3. The fraction of sp³-hybridized carbons (Fsp3) is 0.444. The van der Waals surface area contributed by atoms with Gasteiger partial charge in [0.25, 0.3) is 11.9 Å². The molecule has 200 valence electrons. The lowest BCUT2D eigenvalue weighted by molar-refractivity contribution is 0.0631. The molecule has 9 nitrogen and oxygen atoms in total. The maximum atomic E-state index is 14.8. The van der Waals surface area contributed by atoms with Crippen LogP contribution in [0.3, 0.4) is 0 Å². The van der Waals surface area contributed by atoms with Crippen molar-refractivity contribution in [3.63, 3.8) is 0 Å². The van der Waals surface area contributed by atoms with Gasteiger partial charge in [-0.15, -0.1) is 5.10 Å². The quantitative estimate of drug-likeness (QED) is 0.481. The monoisotopic (exact) mass is 523 g/mol. The number of carbonyl (C=O) groups excluding carboxylic acids is 2. The van der Waals surface area contributed by atoms with Gasteiger partial charge >= 0.3 is 6.03 Å². The molecule has 2 fully saturated rings. The minimum atomic E-state index is -0.754. The number of carbonyl (C=O) groups is 2. The van der Waals surface area contributed by atoms with Crippen LogP contribution in [-0.4, -0.2) is 49.5 Å². The Labute approximate surface area is 219 Å². The van der Waals surface area contributed by atoms with Crippen LogP contribution in [0.2, 0.25) is 0 Å². The van der Waals surface area contributed by atoms with Gasteiger partial charge in [-0.3, -0.25) is 15.0 Å². The van der Waals surface area contributed by atoms with Gasteiger partial charge in [-0.2, -0.15) is 5.21 Å². The second-order valence-corrected chi connectivity index (χ2v) is 11.3. The van der Waals surface area contributed by atoms with Crippen molar-refractivity contribution in [1.82, 2.24) is 25.5 Å². The van der Waals surface area contributed by atoms with Crippen LogP contribution in [0.1, 0.15) is 62.4 Å². The lowest BCUT2D eigenvalue weighted by atomic mass is 9.67. The summed E-state index contributed by atoms with van der Waals surface area (Å²) in [5.41, 5.74) is 1.03. The van der Waals surface area contributed by atoms with Gasteiger partial charge in [0, 0.05) is 18.2 Å². The standard InChI is InChI=1S/C27H31F2N7O2/c1-26(2,3)19-10-12-27(13-11-19)16-35(22-9-8-20(28)14-21(22)29)25(38)36(27)15-17-4-6-18(7-5-17)23(37)30-24-31-33-34-32-24/h4-9,14,19H,10-13,15-16H2,1-3H3,(H2,30,31,32,33,34,37). The molecule has 2 aromatic carbocycles. The lowest BCUT2D eigenvalue weighted by Gasteiger charge is -2.45. The van der Waals surface area contributed by atoms with Crippen molar-refractivity contribution in [3.05, 3.63) is 65.2 Å². The molecule has 0 unspecified atom stereocenters. The molecule has 1 aromatic heterocycles. The van der Waals surface area contributed by atoms with E-state index in [1.807, 2.05) is 4.90 Å². The number of hydrogen-bond donors (Lipinski definition) is 2. The van der Waals surface area contributed by atoms with Crippen molar-refractivity contribution in [2.75, 3.05) is 16.8 Å². The molecule has 1 spiro atoms. The minimum Gasteiger partial charge on any atom is -0.313 e.